The molecule has 0 radical (unpaired) electrons. The van der Waals surface area contributed by atoms with Crippen LogP contribution >= 0.6 is 11.3 Å². The van der Waals surface area contributed by atoms with Crippen molar-refractivity contribution in [2.24, 2.45) is 5.73 Å². The number of hydrogen-bond donors (Lipinski definition) is 1. The Morgan fingerprint density at radius 3 is 2.33 bits per heavy atom. The van der Waals surface area contributed by atoms with Gasteiger partial charge in [-0.2, -0.15) is 5.26 Å². The highest BCUT2D eigenvalue weighted by Gasteiger charge is 2.36. The highest BCUT2D eigenvalue weighted by molar-refractivity contribution is 7.07. The van der Waals surface area contributed by atoms with Crippen LogP contribution in [0.1, 0.15) is 35.1 Å². The van der Waals surface area contributed by atoms with E-state index in [4.69, 9.17) is 10.5 Å². The Balaban J connectivity index is 2.08. The molecule has 0 amide bonds. The second kappa shape index (κ2) is 8.93. The summed E-state index contributed by atoms with van der Waals surface area (Å²) in [6, 6.07) is 17.5. The number of hydrogen-bond acceptors (Lipinski definition) is 6. The number of ether oxygens (including phenoxy) is 1. The van der Waals surface area contributed by atoms with Crippen LogP contribution in [0.15, 0.2) is 58.9 Å². The highest BCUT2D eigenvalue weighted by atomic mass is 32.1. The van der Waals surface area contributed by atoms with Crippen LogP contribution in [0, 0.1) is 25.2 Å². The lowest BCUT2D eigenvalue weighted by Crippen LogP contribution is -2.40. The van der Waals surface area contributed by atoms with E-state index in [1.165, 1.54) is 15.9 Å². The lowest BCUT2D eigenvalue weighted by Gasteiger charge is -2.24. The summed E-state index contributed by atoms with van der Waals surface area (Å²) in [5.41, 5.74) is 10.1. The van der Waals surface area contributed by atoms with E-state index in [0.29, 0.717) is 9.20 Å². The van der Waals surface area contributed by atoms with Crippen LogP contribution in [-0.2, 0) is 9.53 Å². The number of aromatic nitrogens is 1. The Hall–Kier alpha value is -3.89. The van der Waals surface area contributed by atoms with Crippen molar-refractivity contribution in [1.29, 1.82) is 5.26 Å². The molecule has 33 heavy (non-hydrogen) atoms. The van der Waals surface area contributed by atoms with Crippen LogP contribution in [0.25, 0.3) is 17.5 Å². The van der Waals surface area contributed by atoms with Gasteiger partial charge in [0.05, 0.1) is 34.3 Å². The fourth-order valence-corrected chi connectivity index (χ4v) is 5.03. The third-order valence-corrected chi connectivity index (χ3v) is 6.66. The van der Waals surface area contributed by atoms with E-state index in [2.05, 4.69) is 6.07 Å². The minimum absolute atomic E-state index is 0.0379. The summed E-state index contributed by atoms with van der Waals surface area (Å²) in [6.07, 6.45) is 1.76. The van der Waals surface area contributed by atoms with Crippen LogP contribution in [0.4, 0.5) is 0 Å². The first-order valence-electron chi connectivity index (χ1n) is 10.5. The third-order valence-electron chi connectivity index (χ3n) is 5.55. The Morgan fingerprint density at radius 2 is 1.76 bits per heavy atom. The standard InChI is InChI=1S/C26H23N3O3S/c1-4-32-26(31)22-21(18-11-7-16(3)8-12-18)19(14-27)23(28)29-24(30)20(33-25(22)29)13-17-9-5-15(2)6-10-17/h5-13,21H,4,28H2,1-3H3/b20-13+/t21-/m1/s1. The first kappa shape index (κ1) is 22.3. The maximum Gasteiger partial charge on any atom is 0.338 e. The minimum Gasteiger partial charge on any atom is -0.463 e. The van der Waals surface area contributed by atoms with Gasteiger partial charge in [0.25, 0.3) is 5.56 Å². The van der Waals surface area contributed by atoms with Gasteiger partial charge in [0.2, 0.25) is 0 Å². The lowest BCUT2D eigenvalue weighted by molar-refractivity contribution is -0.136. The number of esters is 1. The molecule has 0 fully saturated rings. The molecular formula is C26H23N3O3S. The average Bonchev–Trinajstić information content (AvgIpc) is 3.11. The summed E-state index contributed by atoms with van der Waals surface area (Å²) in [5, 5.41) is 9.99. The molecule has 6 nitrogen and oxygen atoms in total. The summed E-state index contributed by atoms with van der Waals surface area (Å²) >= 11 is 1.17. The van der Waals surface area contributed by atoms with Crippen molar-refractivity contribution in [3.63, 3.8) is 0 Å². The number of allylic oxidation sites excluding steroid dienone is 1. The predicted molar refractivity (Wildman–Crippen MR) is 130 cm³/mol. The maximum atomic E-state index is 13.3. The number of carbonyl (C=O) groups excluding carboxylic acids is 1. The van der Waals surface area contributed by atoms with E-state index >= 15 is 0 Å². The molecule has 1 aromatic heterocycles. The zero-order chi connectivity index (χ0) is 23.7. The Bertz CT molecular complexity index is 1480. The Kier molecular flexibility index (Phi) is 6.03. The number of thiazole rings is 1. The molecule has 7 heteroatoms. The average molecular weight is 458 g/mol. The van der Waals surface area contributed by atoms with Crippen molar-refractivity contribution >= 4 is 34.8 Å². The number of nitriles is 1. The van der Waals surface area contributed by atoms with Crippen LogP contribution < -0.4 is 20.5 Å². The molecule has 1 atom stereocenters. The molecule has 0 saturated carbocycles. The summed E-state index contributed by atoms with van der Waals surface area (Å²) in [4.78, 5) is 26.5. The first-order chi connectivity index (χ1) is 15.8. The van der Waals surface area contributed by atoms with Gasteiger partial charge in [0, 0.05) is 0 Å². The van der Waals surface area contributed by atoms with Crippen LogP contribution in [0.5, 0.6) is 0 Å². The van der Waals surface area contributed by atoms with Gasteiger partial charge in [-0.15, -0.1) is 11.3 Å². The number of nitrogens with two attached hydrogens (primary N) is 1. The summed E-state index contributed by atoms with van der Waals surface area (Å²) < 4.78 is 7.42. The van der Waals surface area contributed by atoms with Crippen molar-refractivity contribution in [2.45, 2.75) is 26.7 Å². The smallest absolute Gasteiger partial charge is 0.338 e. The van der Waals surface area contributed by atoms with Crippen LogP contribution in [0.2, 0.25) is 0 Å². The van der Waals surface area contributed by atoms with Crippen LogP contribution in [0.3, 0.4) is 0 Å². The molecule has 4 rings (SSSR count). The van der Waals surface area contributed by atoms with Crippen molar-refractivity contribution in [3.05, 3.63) is 95.9 Å². The van der Waals surface area contributed by atoms with Crippen molar-refractivity contribution in [1.82, 2.24) is 4.57 Å². The number of rotatable bonds is 4. The van der Waals surface area contributed by atoms with E-state index in [1.54, 1.807) is 13.0 Å². The SMILES string of the molecule is CCOC(=O)C1=c2s/c(=C/c3ccc(C)cc3)c(=O)n2C(N)=C(C#N)[C@H]1c1ccc(C)cc1. The molecule has 166 valence electrons. The topological polar surface area (TPSA) is 98.1 Å². The van der Waals surface area contributed by atoms with Crippen molar-refractivity contribution < 1.29 is 9.53 Å². The number of carbonyl (C=O) groups is 1. The third kappa shape index (κ3) is 4.01. The maximum absolute atomic E-state index is 13.3. The van der Waals surface area contributed by atoms with E-state index in [9.17, 15) is 14.9 Å². The van der Waals surface area contributed by atoms with Gasteiger partial charge in [-0.1, -0.05) is 59.7 Å². The largest absolute Gasteiger partial charge is 0.463 e. The van der Waals surface area contributed by atoms with Gasteiger partial charge < -0.3 is 10.5 Å². The van der Waals surface area contributed by atoms with E-state index in [-0.39, 0.29) is 29.1 Å². The van der Waals surface area contributed by atoms with E-state index in [1.807, 2.05) is 62.4 Å². The van der Waals surface area contributed by atoms with Gasteiger partial charge in [-0.25, -0.2) is 4.79 Å². The Labute approximate surface area is 195 Å². The Morgan fingerprint density at radius 1 is 1.15 bits per heavy atom. The monoisotopic (exact) mass is 457 g/mol. The molecule has 2 N–H and O–H groups in total. The van der Waals surface area contributed by atoms with E-state index < -0.39 is 11.9 Å². The van der Waals surface area contributed by atoms with Crippen molar-refractivity contribution in [3.8, 4) is 6.07 Å². The second-order valence-corrected chi connectivity index (χ2v) is 8.89. The first-order valence-corrected chi connectivity index (χ1v) is 11.4. The van der Waals surface area contributed by atoms with E-state index in [0.717, 1.165) is 22.3 Å². The number of aryl methyl sites for hydroxylation is 2. The molecule has 3 aromatic rings. The van der Waals surface area contributed by atoms with Crippen LogP contribution in [-0.4, -0.2) is 17.1 Å². The molecular weight excluding hydrogens is 434 g/mol. The zero-order valence-corrected chi connectivity index (χ0v) is 19.4. The molecule has 1 aliphatic rings. The molecule has 2 aromatic carbocycles. The minimum atomic E-state index is -0.722. The predicted octanol–water partition coefficient (Wildman–Crippen LogP) is 2.52. The fourth-order valence-electron chi connectivity index (χ4n) is 3.86. The number of nitrogens with zero attached hydrogens (tertiary/aromatic N) is 2. The summed E-state index contributed by atoms with van der Waals surface area (Å²) in [6.45, 7) is 5.83. The highest BCUT2D eigenvalue weighted by Crippen LogP contribution is 2.36. The summed E-state index contributed by atoms with van der Waals surface area (Å²) in [7, 11) is 0. The summed E-state index contributed by atoms with van der Waals surface area (Å²) in [5.74, 6) is -1.25. The number of fused-ring (bicyclic) bond motifs is 1. The molecule has 0 aliphatic carbocycles. The second-order valence-electron chi connectivity index (χ2n) is 7.86. The molecule has 0 spiro atoms. The lowest BCUT2D eigenvalue weighted by atomic mass is 9.83. The van der Waals surface area contributed by atoms with Gasteiger partial charge in [0.15, 0.2) is 0 Å². The quantitative estimate of drug-likeness (QED) is 0.607. The van der Waals surface area contributed by atoms with Gasteiger partial charge in [0.1, 0.15) is 10.5 Å². The zero-order valence-electron chi connectivity index (χ0n) is 18.6. The number of benzene rings is 2. The molecule has 2 heterocycles. The van der Waals surface area contributed by atoms with Gasteiger partial charge in [-0.05, 0) is 38.0 Å². The normalized spacial score (nSPS) is 15.9. The van der Waals surface area contributed by atoms with Gasteiger partial charge >= 0.3 is 5.97 Å². The molecule has 0 bridgehead atoms. The molecule has 1 aliphatic heterocycles. The molecule has 0 unspecified atom stereocenters. The van der Waals surface area contributed by atoms with Crippen molar-refractivity contribution in [2.75, 3.05) is 6.61 Å². The fraction of sp³-hybridized carbons (Fsp3) is 0.192. The molecule has 0 saturated heterocycles. The van der Waals surface area contributed by atoms with Gasteiger partial charge in [-0.3, -0.25) is 9.36 Å².